The van der Waals surface area contributed by atoms with E-state index in [9.17, 15) is 13.6 Å². The summed E-state index contributed by atoms with van der Waals surface area (Å²) in [6.45, 7) is 1.90. The molecule has 5 rings (SSSR count). The molecular formula is C23H20F2N6O. The van der Waals surface area contributed by atoms with Gasteiger partial charge in [0.2, 0.25) is 0 Å². The summed E-state index contributed by atoms with van der Waals surface area (Å²) in [4.78, 5) is 23.9. The summed E-state index contributed by atoms with van der Waals surface area (Å²) in [7, 11) is 0. The number of hydrogen-bond acceptors (Lipinski definition) is 5. The molecule has 162 valence electrons. The third-order valence-electron chi connectivity index (χ3n) is 5.47. The number of nitrogens with one attached hydrogen (secondary N) is 1. The lowest BCUT2D eigenvalue weighted by atomic mass is 10.0. The number of aromatic nitrogens is 4. The zero-order valence-electron chi connectivity index (χ0n) is 17.1. The first-order chi connectivity index (χ1) is 15.6. The van der Waals surface area contributed by atoms with Gasteiger partial charge in [0.1, 0.15) is 11.6 Å². The van der Waals surface area contributed by atoms with Gasteiger partial charge in [-0.05, 0) is 37.1 Å². The van der Waals surface area contributed by atoms with Crippen LogP contribution in [0.15, 0.2) is 60.8 Å². The second kappa shape index (κ2) is 8.33. The molecule has 0 radical (unpaired) electrons. The molecule has 4 aromatic rings. The number of carbonyl (C=O) groups is 1. The van der Waals surface area contributed by atoms with Crippen molar-refractivity contribution in [1.82, 2.24) is 19.6 Å². The van der Waals surface area contributed by atoms with Crippen LogP contribution < -0.4 is 10.2 Å². The van der Waals surface area contributed by atoms with E-state index < -0.39 is 12.3 Å². The topological polar surface area (TPSA) is 75.4 Å². The first kappa shape index (κ1) is 20.0. The number of amides is 1. The number of benzene rings is 1. The Morgan fingerprint density at radius 3 is 2.62 bits per heavy atom. The average Bonchev–Trinajstić information content (AvgIpc) is 3.49. The van der Waals surface area contributed by atoms with Crippen LogP contribution in [0.3, 0.4) is 0 Å². The van der Waals surface area contributed by atoms with Crippen LogP contribution in [-0.4, -0.2) is 38.6 Å². The Morgan fingerprint density at radius 1 is 1.00 bits per heavy atom. The number of nitrogens with zero attached hydrogens (tertiary/aromatic N) is 5. The van der Waals surface area contributed by atoms with Gasteiger partial charge >= 0.3 is 0 Å². The van der Waals surface area contributed by atoms with Crippen LogP contribution in [0.2, 0.25) is 0 Å². The molecular weight excluding hydrogens is 414 g/mol. The molecule has 32 heavy (non-hydrogen) atoms. The lowest BCUT2D eigenvalue weighted by Gasteiger charge is -2.16. The molecule has 0 atom stereocenters. The van der Waals surface area contributed by atoms with Crippen molar-refractivity contribution in [1.29, 1.82) is 0 Å². The first-order valence-corrected chi connectivity index (χ1v) is 10.4. The molecule has 7 nitrogen and oxygen atoms in total. The molecule has 1 fully saturated rings. The Morgan fingerprint density at radius 2 is 1.81 bits per heavy atom. The van der Waals surface area contributed by atoms with Crippen molar-refractivity contribution in [2.24, 2.45) is 0 Å². The third-order valence-corrected chi connectivity index (χ3v) is 5.47. The van der Waals surface area contributed by atoms with Gasteiger partial charge in [-0.25, -0.2) is 23.3 Å². The van der Waals surface area contributed by atoms with Crippen molar-refractivity contribution in [3.8, 4) is 11.3 Å². The van der Waals surface area contributed by atoms with E-state index in [2.05, 4.69) is 25.3 Å². The fraction of sp³-hybridized carbons (Fsp3) is 0.217. The molecule has 1 amide bonds. The van der Waals surface area contributed by atoms with Crippen LogP contribution in [0.5, 0.6) is 0 Å². The van der Waals surface area contributed by atoms with Gasteiger partial charge in [-0.3, -0.25) is 4.79 Å². The van der Waals surface area contributed by atoms with E-state index in [-0.39, 0.29) is 11.3 Å². The molecule has 0 aliphatic carbocycles. The van der Waals surface area contributed by atoms with Crippen molar-refractivity contribution < 1.29 is 13.6 Å². The number of pyridine rings is 1. The van der Waals surface area contributed by atoms with Gasteiger partial charge in [-0.2, -0.15) is 5.10 Å². The van der Waals surface area contributed by atoms with Gasteiger partial charge in [0, 0.05) is 24.2 Å². The highest BCUT2D eigenvalue weighted by atomic mass is 19.3. The summed E-state index contributed by atoms with van der Waals surface area (Å²) in [5.74, 6) is 0.811. The summed E-state index contributed by atoms with van der Waals surface area (Å²) in [5, 5.41) is 7.21. The van der Waals surface area contributed by atoms with E-state index in [0.717, 1.165) is 31.7 Å². The number of fused-ring (bicyclic) bond motifs is 1. The molecule has 1 N–H and O–H groups in total. The summed E-state index contributed by atoms with van der Waals surface area (Å²) in [6, 6.07) is 14.9. The molecule has 9 heteroatoms. The van der Waals surface area contributed by atoms with E-state index >= 15 is 0 Å². The molecule has 0 bridgehead atoms. The Labute approximate surface area is 182 Å². The van der Waals surface area contributed by atoms with Crippen LogP contribution in [0.1, 0.15) is 35.3 Å². The Kier molecular flexibility index (Phi) is 5.22. The van der Waals surface area contributed by atoms with Gasteiger partial charge < -0.3 is 10.2 Å². The standard InChI is InChI=1S/C23H20F2N6O/c24-22(25)16-7-2-1-6-15(16)17-10-11-20-26-14-18(31(20)29-17)23(32)28-19-8-5-9-21(27-19)30-12-3-4-13-30/h1-2,5-11,14,22H,3-4,12-13H2,(H,27,28,32). The Bertz CT molecular complexity index is 1280. The van der Waals surface area contributed by atoms with Gasteiger partial charge in [0.05, 0.1) is 11.9 Å². The molecule has 0 saturated carbocycles. The molecule has 1 aliphatic heterocycles. The predicted octanol–water partition coefficient (Wildman–Crippen LogP) is 4.58. The number of rotatable bonds is 5. The van der Waals surface area contributed by atoms with Crippen LogP contribution >= 0.6 is 0 Å². The highest BCUT2D eigenvalue weighted by Crippen LogP contribution is 2.30. The number of anilines is 2. The quantitative estimate of drug-likeness (QED) is 0.498. The number of hydrogen-bond donors (Lipinski definition) is 1. The van der Waals surface area contributed by atoms with Crippen LogP contribution in [0.25, 0.3) is 16.9 Å². The van der Waals surface area contributed by atoms with E-state index in [1.807, 2.05) is 12.1 Å². The summed E-state index contributed by atoms with van der Waals surface area (Å²) < 4.78 is 28.2. The molecule has 1 aliphatic rings. The third kappa shape index (κ3) is 3.77. The highest BCUT2D eigenvalue weighted by molar-refractivity contribution is 6.03. The van der Waals surface area contributed by atoms with Crippen molar-refractivity contribution in [3.05, 3.63) is 72.1 Å². The summed E-state index contributed by atoms with van der Waals surface area (Å²) in [6.07, 6.45) is 1.03. The maximum atomic E-state index is 13.4. The minimum absolute atomic E-state index is 0.117. The second-order valence-electron chi connectivity index (χ2n) is 7.55. The van der Waals surface area contributed by atoms with E-state index in [0.29, 0.717) is 22.7 Å². The zero-order chi connectivity index (χ0) is 22.1. The Balaban J connectivity index is 1.45. The predicted molar refractivity (Wildman–Crippen MR) is 117 cm³/mol. The van der Waals surface area contributed by atoms with Gasteiger partial charge in [0.15, 0.2) is 11.3 Å². The fourth-order valence-corrected chi connectivity index (χ4v) is 3.89. The SMILES string of the molecule is O=C(Nc1cccc(N2CCCC2)n1)c1cnc2ccc(-c3ccccc3C(F)F)nn12. The maximum absolute atomic E-state index is 13.4. The minimum atomic E-state index is -2.64. The fourth-order valence-electron chi connectivity index (χ4n) is 3.89. The molecule has 1 aromatic carbocycles. The Hall–Kier alpha value is -3.88. The molecule has 1 saturated heterocycles. The van der Waals surface area contributed by atoms with Crippen molar-refractivity contribution >= 4 is 23.2 Å². The average molecular weight is 434 g/mol. The van der Waals surface area contributed by atoms with E-state index in [1.54, 1.807) is 36.4 Å². The summed E-state index contributed by atoms with van der Waals surface area (Å²) >= 11 is 0. The number of alkyl halides is 2. The van der Waals surface area contributed by atoms with Crippen molar-refractivity contribution in [3.63, 3.8) is 0 Å². The van der Waals surface area contributed by atoms with E-state index in [1.165, 1.54) is 16.8 Å². The van der Waals surface area contributed by atoms with Crippen molar-refractivity contribution in [2.45, 2.75) is 19.3 Å². The number of carbonyl (C=O) groups excluding carboxylic acids is 1. The first-order valence-electron chi connectivity index (χ1n) is 10.4. The van der Waals surface area contributed by atoms with Gasteiger partial charge in [-0.1, -0.05) is 30.3 Å². The van der Waals surface area contributed by atoms with Crippen LogP contribution in [-0.2, 0) is 0 Å². The number of halogens is 2. The molecule has 0 unspecified atom stereocenters. The lowest BCUT2D eigenvalue weighted by molar-refractivity contribution is 0.102. The van der Waals surface area contributed by atoms with E-state index in [4.69, 9.17) is 0 Å². The largest absolute Gasteiger partial charge is 0.357 e. The van der Waals surface area contributed by atoms with Gasteiger partial charge in [0.25, 0.3) is 12.3 Å². The minimum Gasteiger partial charge on any atom is -0.357 e. The normalized spacial score (nSPS) is 13.8. The van der Waals surface area contributed by atoms with Gasteiger partial charge in [-0.15, -0.1) is 0 Å². The smallest absolute Gasteiger partial charge is 0.277 e. The molecule has 4 heterocycles. The maximum Gasteiger partial charge on any atom is 0.277 e. The zero-order valence-corrected chi connectivity index (χ0v) is 17.1. The molecule has 3 aromatic heterocycles. The molecule has 0 spiro atoms. The monoisotopic (exact) mass is 434 g/mol. The number of imidazole rings is 1. The highest BCUT2D eigenvalue weighted by Gasteiger charge is 2.19. The lowest BCUT2D eigenvalue weighted by Crippen LogP contribution is -2.20. The second-order valence-corrected chi connectivity index (χ2v) is 7.55. The van der Waals surface area contributed by atoms with Crippen LogP contribution in [0, 0.1) is 0 Å². The summed E-state index contributed by atoms with van der Waals surface area (Å²) in [5.41, 5.74) is 1.14. The van der Waals surface area contributed by atoms with Crippen molar-refractivity contribution in [2.75, 3.05) is 23.3 Å². The van der Waals surface area contributed by atoms with Crippen LogP contribution in [0.4, 0.5) is 20.4 Å².